The second kappa shape index (κ2) is 3.96. The lowest BCUT2D eigenvalue weighted by Gasteiger charge is -2.22. The van der Waals surface area contributed by atoms with Gasteiger partial charge in [-0.15, -0.1) is 0 Å². The van der Waals surface area contributed by atoms with Crippen molar-refractivity contribution in [3.63, 3.8) is 0 Å². The summed E-state index contributed by atoms with van der Waals surface area (Å²) >= 11 is 5.72. The van der Waals surface area contributed by atoms with Gasteiger partial charge in [-0.25, -0.2) is 0 Å². The Kier molecular flexibility index (Phi) is 3.88. The first-order chi connectivity index (χ1) is 4.88. The zero-order valence-electron chi connectivity index (χ0n) is 7.87. The van der Waals surface area contributed by atoms with E-state index in [9.17, 15) is 0 Å². The quantitative estimate of drug-likeness (QED) is 0.550. The van der Waals surface area contributed by atoms with Crippen LogP contribution in [-0.2, 0) is 0 Å². The minimum absolute atomic E-state index is 0.215. The summed E-state index contributed by atoms with van der Waals surface area (Å²) in [5.41, 5.74) is 1.56. The minimum Gasteiger partial charge on any atom is -0.0894 e. The van der Waals surface area contributed by atoms with Crippen LogP contribution in [0.2, 0.25) is 0 Å². The fraction of sp³-hybridized carbons (Fsp3) is 0.600. The minimum atomic E-state index is 0.215. The Labute approximate surface area is 74.9 Å². The monoisotopic (exact) mass is 172 g/mol. The normalized spacial score (nSPS) is 13.4. The highest BCUT2D eigenvalue weighted by Crippen LogP contribution is 2.30. The smallest absolute Gasteiger partial charge is 0.0149 e. The third kappa shape index (κ3) is 4.26. The van der Waals surface area contributed by atoms with Crippen LogP contribution in [0.5, 0.6) is 0 Å². The second-order valence-corrected chi connectivity index (χ2v) is 4.29. The molecular weight excluding hydrogens is 156 g/mol. The SMILES string of the molecule is C=C(Cl)C/C(=C\C)C(C)(C)C. The van der Waals surface area contributed by atoms with E-state index in [-0.39, 0.29) is 5.41 Å². The first-order valence-corrected chi connectivity index (χ1v) is 4.24. The van der Waals surface area contributed by atoms with Crippen molar-refractivity contribution in [1.82, 2.24) is 0 Å². The molecule has 1 heteroatoms. The molecule has 0 aliphatic rings. The summed E-state index contributed by atoms with van der Waals surface area (Å²) in [6, 6.07) is 0. The predicted octanol–water partition coefficient (Wildman–Crippen LogP) is 4.12. The molecule has 0 rings (SSSR count). The maximum absolute atomic E-state index is 5.72. The Morgan fingerprint density at radius 2 is 1.91 bits per heavy atom. The van der Waals surface area contributed by atoms with E-state index >= 15 is 0 Å². The second-order valence-electron chi connectivity index (χ2n) is 3.76. The van der Waals surface area contributed by atoms with Crippen LogP contribution in [0.4, 0.5) is 0 Å². The van der Waals surface area contributed by atoms with E-state index in [0.29, 0.717) is 5.03 Å². The van der Waals surface area contributed by atoms with E-state index in [1.807, 2.05) is 6.92 Å². The van der Waals surface area contributed by atoms with Gasteiger partial charge in [0.25, 0.3) is 0 Å². The molecule has 0 radical (unpaired) electrons. The molecular formula is C10H17Cl. The van der Waals surface area contributed by atoms with Crippen LogP contribution in [0.15, 0.2) is 23.3 Å². The Bertz CT molecular complexity index is 170. The molecule has 0 aromatic heterocycles. The summed E-state index contributed by atoms with van der Waals surface area (Å²) < 4.78 is 0. The molecule has 0 aliphatic heterocycles. The fourth-order valence-electron chi connectivity index (χ4n) is 1.01. The number of hydrogen-bond donors (Lipinski definition) is 0. The molecule has 0 saturated heterocycles. The van der Waals surface area contributed by atoms with Crippen molar-refractivity contribution in [1.29, 1.82) is 0 Å². The molecule has 0 spiro atoms. The van der Waals surface area contributed by atoms with Gasteiger partial charge < -0.3 is 0 Å². The van der Waals surface area contributed by atoms with E-state index in [0.717, 1.165) is 6.42 Å². The predicted molar refractivity (Wildman–Crippen MR) is 52.8 cm³/mol. The van der Waals surface area contributed by atoms with Gasteiger partial charge in [0.15, 0.2) is 0 Å². The van der Waals surface area contributed by atoms with E-state index in [2.05, 4.69) is 33.4 Å². The van der Waals surface area contributed by atoms with Crippen molar-refractivity contribution >= 4 is 11.6 Å². The van der Waals surface area contributed by atoms with Crippen molar-refractivity contribution in [2.45, 2.75) is 34.1 Å². The highest BCUT2D eigenvalue weighted by atomic mass is 35.5. The van der Waals surface area contributed by atoms with E-state index in [4.69, 9.17) is 11.6 Å². The van der Waals surface area contributed by atoms with E-state index in [1.54, 1.807) is 0 Å². The van der Waals surface area contributed by atoms with Crippen molar-refractivity contribution in [2.75, 3.05) is 0 Å². The first-order valence-electron chi connectivity index (χ1n) is 3.87. The Morgan fingerprint density at radius 1 is 1.45 bits per heavy atom. The Hall–Kier alpha value is -0.230. The number of halogens is 1. The van der Waals surface area contributed by atoms with Crippen molar-refractivity contribution in [3.8, 4) is 0 Å². The summed E-state index contributed by atoms with van der Waals surface area (Å²) in [6.07, 6.45) is 2.93. The molecule has 64 valence electrons. The first kappa shape index (κ1) is 10.8. The van der Waals surface area contributed by atoms with Crippen LogP contribution in [0.25, 0.3) is 0 Å². The maximum atomic E-state index is 5.72. The lowest BCUT2D eigenvalue weighted by atomic mass is 9.84. The van der Waals surface area contributed by atoms with Gasteiger partial charge in [0.1, 0.15) is 0 Å². The molecule has 0 amide bonds. The Morgan fingerprint density at radius 3 is 2.00 bits per heavy atom. The summed E-state index contributed by atoms with van der Waals surface area (Å²) in [5.74, 6) is 0. The standard InChI is InChI=1S/C10H17Cl/c1-6-9(7-8(2)11)10(3,4)5/h6H,2,7H2,1,3-5H3/b9-6+. The van der Waals surface area contributed by atoms with Gasteiger partial charge in [0, 0.05) is 11.5 Å². The van der Waals surface area contributed by atoms with Crippen LogP contribution in [0, 0.1) is 5.41 Å². The molecule has 0 heterocycles. The largest absolute Gasteiger partial charge is 0.0894 e. The van der Waals surface area contributed by atoms with E-state index in [1.165, 1.54) is 5.57 Å². The molecule has 0 saturated carbocycles. The van der Waals surface area contributed by atoms with Gasteiger partial charge in [0.2, 0.25) is 0 Å². The molecule has 0 unspecified atom stereocenters. The molecule has 0 aromatic carbocycles. The lowest BCUT2D eigenvalue weighted by Crippen LogP contribution is -2.09. The van der Waals surface area contributed by atoms with Crippen LogP contribution < -0.4 is 0 Å². The fourth-order valence-corrected chi connectivity index (χ4v) is 1.15. The molecule has 0 fully saturated rings. The number of rotatable bonds is 2. The Balaban J connectivity index is 4.33. The highest BCUT2D eigenvalue weighted by Gasteiger charge is 2.15. The van der Waals surface area contributed by atoms with Crippen LogP contribution in [0.3, 0.4) is 0 Å². The lowest BCUT2D eigenvalue weighted by molar-refractivity contribution is 0.492. The topological polar surface area (TPSA) is 0 Å². The van der Waals surface area contributed by atoms with Crippen molar-refractivity contribution in [2.24, 2.45) is 5.41 Å². The number of allylic oxidation sites excluding steroid dienone is 3. The molecule has 0 aliphatic carbocycles. The summed E-state index contributed by atoms with van der Waals surface area (Å²) in [7, 11) is 0. The van der Waals surface area contributed by atoms with Gasteiger partial charge in [-0.2, -0.15) is 0 Å². The molecule has 0 N–H and O–H groups in total. The molecule has 0 nitrogen and oxygen atoms in total. The molecule has 11 heavy (non-hydrogen) atoms. The van der Waals surface area contributed by atoms with E-state index < -0.39 is 0 Å². The van der Waals surface area contributed by atoms with Crippen LogP contribution in [-0.4, -0.2) is 0 Å². The molecule has 0 aromatic rings. The zero-order chi connectivity index (χ0) is 9.07. The van der Waals surface area contributed by atoms with Crippen molar-refractivity contribution in [3.05, 3.63) is 23.3 Å². The maximum Gasteiger partial charge on any atom is 0.0149 e. The van der Waals surface area contributed by atoms with Gasteiger partial charge in [-0.3, -0.25) is 0 Å². The summed E-state index contributed by atoms with van der Waals surface area (Å²) in [5, 5.41) is 0.716. The summed E-state index contributed by atoms with van der Waals surface area (Å²) in [4.78, 5) is 0. The number of hydrogen-bond acceptors (Lipinski definition) is 0. The zero-order valence-corrected chi connectivity index (χ0v) is 8.63. The van der Waals surface area contributed by atoms with Gasteiger partial charge in [0.05, 0.1) is 0 Å². The van der Waals surface area contributed by atoms with Crippen molar-refractivity contribution < 1.29 is 0 Å². The average molecular weight is 173 g/mol. The third-order valence-corrected chi connectivity index (χ3v) is 1.83. The molecule has 0 atom stereocenters. The average Bonchev–Trinajstić information content (AvgIpc) is 1.79. The van der Waals surface area contributed by atoms with Crippen LogP contribution in [0.1, 0.15) is 34.1 Å². The van der Waals surface area contributed by atoms with Crippen LogP contribution >= 0.6 is 11.6 Å². The summed E-state index contributed by atoms with van der Waals surface area (Å²) in [6.45, 7) is 12.3. The molecule has 0 bridgehead atoms. The van der Waals surface area contributed by atoms with Gasteiger partial charge in [-0.05, 0) is 12.3 Å². The van der Waals surface area contributed by atoms with Gasteiger partial charge in [-0.1, -0.05) is 50.6 Å². The third-order valence-electron chi connectivity index (χ3n) is 1.69. The van der Waals surface area contributed by atoms with Gasteiger partial charge >= 0.3 is 0 Å². The highest BCUT2D eigenvalue weighted by molar-refractivity contribution is 6.29.